The predicted molar refractivity (Wildman–Crippen MR) is 90.1 cm³/mol. The molecule has 0 radical (unpaired) electrons. The van der Waals surface area contributed by atoms with Gasteiger partial charge in [0.25, 0.3) is 5.91 Å². The summed E-state index contributed by atoms with van der Waals surface area (Å²) in [5.74, 6) is 0.0230. The third-order valence-corrected chi connectivity index (χ3v) is 6.39. The number of aromatic amines is 1. The van der Waals surface area contributed by atoms with E-state index >= 15 is 0 Å². The van der Waals surface area contributed by atoms with Crippen molar-refractivity contribution in [1.29, 1.82) is 0 Å². The number of sulfonamides is 1. The van der Waals surface area contributed by atoms with E-state index in [4.69, 9.17) is 0 Å². The Morgan fingerprint density at radius 2 is 2.13 bits per heavy atom. The molecule has 124 valence electrons. The minimum Gasteiger partial charge on any atom is -0.358 e. The van der Waals surface area contributed by atoms with Crippen molar-refractivity contribution in [2.45, 2.75) is 20.3 Å². The molecule has 1 aliphatic heterocycles. The molecule has 0 spiro atoms. The van der Waals surface area contributed by atoms with Crippen LogP contribution in [0.5, 0.6) is 0 Å². The van der Waals surface area contributed by atoms with Gasteiger partial charge >= 0.3 is 0 Å². The van der Waals surface area contributed by atoms with E-state index in [9.17, 15) is 13.2 Å². The summed E-state index contributed by atoms with van der Waals surface area (Å²) >= 11 is 0. The number of amides is 1. The highest BCUT2D eigenvalue weighted by Gasteiger charge is 2.27. The number of carbonyl (C=O) groups is 1. The smallest absolute Gasteiger partial charge is 0.253 e. The SMILES string of the molecule is Cc1[nH]c2c(C(=O)NCCN3CCCS3(=O)=O)cccc2c1C. The van der Waals surface area contributed by atoms with Gasteiger partial charge < -0.3 is 10.3 Å². The van der Waals surface area contributed by atoms with E-state index < -0.39 is 10.0 Å². The van der Waals surface area contributed by atoms with Crippen LogP contribution in [0.2, 0.25) is 0 Å². The molecule has 1 aromatic carbocycles. The number of aromatic nitrogens is 1. The lowest BCUT2D eigenvalue weighted by Crippen LogP contribution is -2.35. The number of hydrogen-bond acceptors (Lipinski definition) is 3. The van der Waals surface area contributed by atoms with Crippen LogP contribution in [0.3, 0.4) is 0 Å². The number of H-pyrrole nitrogens is 1. The third kappa shape index (κ3) is 2.98. The second kappa shape index (κ2) is 5.98. The number of nitrogens with zero attached hydrogens (tertiary/aromatic N) is 1. The average Bonchev–Trinajstić information content (AvgIpc) is 2.99. The van der Waals surface area contributed by atoms with Gasteiger partial charge in [0, 0.05) is 30.7 Å². The summed E-state index contributed by atoms with van der Waals surface area (Å²) in [5.41, 5.74) is 3.60. The molecule has 0 saturated carbocycles. The van der Waals surface area contributed by atoms with Gasteiger partial charge in [-0.1, -0.05) is 12.1 Å². The summed E-state index contributed by atoms with van der Waals surface area (Å²) in [6.45, 7) is 5.19. The van der Waals surface area contributed by atoms with Crippen LogP contribution in [0, 0.1) is 13.8 Å². The molecule has 1 amide bonds. The van der Waals surface area contributed by atoms with Gasteiger partial charge in [0.2, 0.25) is 10.0 Å². The van der Waals surface area contributed by atoms with Crippen LogP contribution in [-0.2, 0) is 10.0 Å². The van der Waals surface area contributed by atoms with E-state index in [1.54, 1.807) is 6.07 Å². The Morgan fingerprint density at radius 1 is 1.35 bits per heavy atom. The van der Waals surface area contributed by atoms with Gasteiger partial charge in [-0.3, -0.25) is 4.79 Å². The Bertz CT molecular complexity index is 855. The van der Waals surface area contributed by atoms with Crippen LogP contribution in [0.15, 0.2) is 18.2 Å². The summed E-state index contributed by atoms with van der Waals surface area (Å²) in [6.07, 6.45) is 0.663. The number of para-hydroxylation sites is 1. The quantitative estimate of drug-likeness (QED) is 0.889. The van der Waals surface area contributed by atoms with E-state index in [1.165, 1.54) is 4.31 Å². The average molecular weight is 335 g/mol. The Morgan fingerprint density at radius 3 is 2.83 bits per heavy atom. The first-order valence-corrected chi connectivity index (χ1v) is 9.35. The zero-order valence-corrected chi connectivity index (χ0v) is 14.2. The number of fused-ring (bicyclic) bond motifs is 1. The molecule has 0 atom stereocenters. The van der Waals surface area contributed by atoms with Gasteiger partial charge in [0.1, 0.15) is 0 Å². The first-order valence-electron chi connectivity index (χ1n) is 7.74. The molecule has 0 bridgehead atoms. The molecular weight excluding hydrogens is 314 g/mol. The lowest BCUT2D eigenvalue weighted by molar-refractivity contribution is 0.0953. The van der Waals surface area contributed by atoms with Crippen molar-refractivity contribution in [3.05, 3.63) is 35.0 Å². The second-order valence-corrected chi connectivity index (χ2v) is 8.02. The number of rotatable bonds is 4. The fraction of sp³-hybridized carbons (Fsp3) is 0.438. The molecule has 2 heterocycles. The van der Waals surface area contributed by atoms with Gasteiger partial charge in [0.15, 0.2) is 0 Å². The third-order valence-electron chi connectivity index (χ3n) is 4.44. The summed E-state index contributed by atoms with van der Waals surface area (Å²) < 4.78 is 24.9. The fourth-order valence-corrected chi connectivity index (χ4v) is 4.53. The van der Waals surface area contributed by atoms with Crippen LogP contribution in [-0.4, -0.2) is 49.0 Å². The first kappa shape index (κ1) is 16.0. The molecule has 3 rings (SSSR count). The normalized spacial score (nSPS) is 17.7. The van der Waals surface area contributed by atoms with Crippen LogP contribution < -0.4 is 5.32 Å². The van der Waals surface area contributed by atoms with Crippen LogP contribution >= 0.6 is 0 Å². The molecular formula is C16H21N3O3S. The van der Waals surface area contributed by atoms with E-state index in [1.807, 2.05) is 26.0 Å². The highest BCUT2D eigenvalue weighted by Crippen LogP contribution is 2.24. The largest absolute Gasteiger partial charge is 0.358 e. The second-order valence-electron chi connectivity index (χ2n) is 5.93. The minimum atomic E-state index is -3.11. The summed E-state index contributed by atoms with van der Waals surface area (Å²) in [4.78, 5) is 15.7. The molecule has 0 aliphatic carbocycles. The maximum absolute atomic E-state index is 12.4. The van der Waals surface area contributed by atoms with Gasteiger partial charge in [-0.25, -0.2) is 12.7 Å². The Balaban J connectivity index is 1.71. The number of benzene rings is 1. The Hall–Kier alpha value is -1.86. The molecule has 0 unspecified atom stereocenters. The first-order chi connectivity index (χ1) is 10.9. The number of carbonyl (C=O) groups excluding carboxylic acids is 1. The monoisotopic (exact) mass is 335 g/mol. The number of hydrogen-bond donors (Lipinski definition) is 2. The van der Waals surface area contributed by atoms with Crippen LogP contribution in [0.4, 0.5) is 0 Å². The van der Waals surface area contributed by atoms with E-state index in [2.05, 4.69) is 10.3 Å². The summed E-state index contributed by atoms with van der Waals surface area (Å²) in [7, 11) is -3.11. The number of aryl methyl sites for hydroxylation is 2. The molecule has 1 aromatic heterocycles. The number of nitrogens with one attached hydrogen (secondary N) is 2. The molecule has 2 aromatic rings. The van der Waals surface area contributed by atoms with Crippen molar-refractivity contribution in [2.24, 2.45) is 0 Å². The lowest BCUT2D eigenvalue weighted by atomic mass is 10.1. The topological polar surface area (TPSA) is 82.3 Å². The van der Waals surface area contributed by atoms with Crippen molar-refractivity contribution in [2.75, 3.05) is 25.4 Å². The van der Waals surface area contributed by atoms with Crippen LogP contribution in [0.1, 0.15) is 28.0 Å². The molecule has 1 saturated heterocycles. The Kier molecular flexibility index (Phi) is 4.16. The molecule has 7 heteroatoms. The summed E-state index contributed by atoms with van der Waals surface area (Å²) in [6, 6.07) is 5.63. The van der Waals surface area contributed by atoms with Crippen LogP contribution in [0.25, 0.3) is 10.9 Å². The molecule has 6 nitrogen and oxygen atoms in total. The maximum atomic E-state index is 12.4. The molecule has 1 fully saturated rings. The van der Waals surface area contributed by atoms with Crippen molar-refractivity contribution in [3.63, 3.8) is 0 Å². The van der Waals surface area contributed by atoms with E-state index in [0.29, 0.717) is 31.6 Å². The highest BCUT2D eigenvalue weighted by molar-refractivity contribution is 7.89. The maximum Gasteiger partial charge on any atom is 0.253 e. The molecule has 1 aliphatic rings. The zero-order valence-electron chi connectivity index (χ0n) is 13.3. The van der Waals surface area contributed by atoms with Gasteiger partial charge in [-0.05, 0) is 31.9 Å². The van der Waals surface area contributed by atoms with Crippen molar-refractivity contribution >= 4 is 26.8 Å². The standard InChI is InChI=1S/C16H21N3O3S/c1-11-12(2)18-15-13(11)5-3-6-14(15)16(20)17-7-9-19-8-4-10-23(19,21)22/h3,5-6,18H,4,7-10H2,1-2H3,(H,17,20). The van der Waals surface area contributed by atoms with Gasteiger partial charge in [0.05, 0.1) is 16.8 Å². The molecule has 2 N–H and O–H groups in total. The Labute approximate surface area is 135 Å². The fourth-order valence-electron chi connectivity index (χ4n) is 3.00. The predicted octanol–water partition coefficient (Wildman–Crippen LogP) is 1.55. The van der Waals surface area contributed by atoms with E-state index in [-0.39, 0.29) is 11.7 Å². The molecule has 23 heavy (non-hydrogen) atoms. The zero-order chi connectivity index (χ0) is 16.6. The summed E-state index contributed by atoms with van der Waals surface area (Å²) in [5, 5.41) is 3.86. The lowest BCUT2D eigenvalue weighted by Gasteiger charge is -2.14. The minimum absolute atomic E-state index is 0.187. The van der Waals surface area contributed by atoms with Gasteiger partial charge in [-0.15, -0.1) is 0 Å². The van der Waals surface area contributed by atoms with Crippen molar-refractivity contribution in [3.8, 4) is 0 Å². The van der Waals surface area contributed by atoms with Crippen molar-refractivity contribution in [1.82, 2.24) is 14.6 Å². The van der Waals surface area contributed by atoms with Gasteiger partial charge in [-0.2, -0.15) is 0 Å². The van der Waals surface area contributed by atoms with E-state index in [0.717, 1.165) is 22.2 Å². The van der Waals surface area contributed by atoms with Crippen molar-refractivity contribution < 1.29 is 13.2 Å². The highest BCUT2D eigenvalue weighted by atomic mass is 32.2.